The summed E-state index contributed by atoms with van der Waals surface area (Å²) in [6.45, 7) is 0. The molecule has 0 fully saturated rings. The van der Waals surface area contributed by atoms with Crippen LogP contribution in [0.5, 0.6) is 0 Å². The summed E-state index contributed by atoms with van der Waals surface area (Å²) in [6.07, 6.45) is 3.02. The normalized spacial score (nSPS) is 9.32. The molecule has 0 saturated carbocycles. The second-order valence-corrected chi connectivity index (χ2v) is 3.90. The number of nitrogens with zero attached hydrogens (tertiary/aromatic N) is 1. The summed E-state index contributed by atoms with van der Waals surface area (Å²) in [5, 5.41) is 3.04. The minimum Gasteiger partial charge on any atom is -0.388 e. The number of hydrogen-bond donors (Lipinski definition) is 2. The average Bonchev–Trinajstić information content (AvgIpc) is 2.46. The number of nitrogens with one attached hydrogen (secondary N) is 1. The fourth-order valence-electron chi connectivity index (χ4n) is 1.51. The number of primary amides is 1. The zero-order chi connectivity index (χ0) is 13.7. The van der Waals surface area contributed by atoms with Gasteiger partial charge in [0.25, 0.3) is 0 Å². The maximum Gasteiger partial charge on any atom is 0.250 e. The predicted molar refractivity (Wildman–Crippen MR) is 74.7 cm³/mol. The smallest absolute Gasteiger partial charge is 0.250 e. The molecule has 0 aliphatic rings. The van der Waals surface area contributed by atoms with Crippen molar-refractivity contribution in [2.24, 2.45) is 5.73 Å². The fraction of sp³-hybridized carbons (Fsp3) is 0.0667. The fourth-order valence-corrected chi connectivity index (χ4v) is 1.51. The van der Waals surface area contributed by atoms with E-state index < -0.39 is 5.91 Å². The number of rotatable bonds is 2. The highest BCUT2D eigenvalue weighted by Crippen LogP contribution is 2.07. The van der Waals surface area contributed by atoms with Gasteiger partial charge in [-0.1, -0.05) is 11.8 Å². The number of benzene rings is 1. The standard InChI is InChI=1S/C15H13N3O/c1-17-14-6-4-11(5-7-14)2-3-12-8-13(15(16)19)10-18-9-12/h4-10,17H,1H3,(H2,16,19). The van der Waals surface area contributed by atoms with Gasteiger partial charge in [-0.2, -0.15) is 0 Å². The SMILES string of the molecule is CNc1ccc(C#Cc2cncc(C(N)=O)c2)cc1. The molecule has 0 unspecified atom stereocenters. The van der Waals surface area contributed by atoms with Crippen LogP contribution in [-0.4, -0.2) is 17.9 Å². The quantitative estimate of drug-likeness (QED) is 0.797. The Bertz CT molecular complexity index is 651. The third-order valence-electron chi connectivity index (χ3n) is 2.55. The highest BCUT2D eigenvalue weighted by Gasteiger charge is 2.00. The molecule has 1 amide bonds. The van der Waals surface area contributed by atoms with E-state index >= 15 is 0 Å². The molecule has 0 saturated heterocycles. The molecule has 2 rings (SSSR count). The summed E-state index contributed by atoms with van der Waals surface area (Å²) in [5.74, 6) is 5.46. The van der Waals surface area contributed by atoms with E-state index in [-0.39, 0.29) is 0 Å². The van der Waals surface area contributed by atoms with Gasteiger partial charge in [0, 0.05) is 36.3 Å². The zero-order valence-corrected chi connectivity index (χ0v) is 10.5. The van der Waals surface area contributed by atoms with Crippen molar-refractivity contribution < 1.29 is 4.79 Å². The molecule has 0 spiro atoms. The Labute approximate surface area is 111 Å². The van der Waals surface area contributed by atoms with Crippen LogP contribution in [-0.2, 0) is 0 Å². The van der Waals surface area contributed by atoms with Gasteiger partial charge in [-0.25, -0.2) is 0 Å². The van der Waals surface area contributed by atoms with E-state index in [0.29, 0.717) is 11.1 Å². The molecule has 2 aromatic rings. The van der Waals surface area contributed by atoms with Crippen LogP contribution in [0.25, 0.3) is 0 Å². The molecule has 0 radical (unpaired) electrons. The van der Waals surface area contributed by atoms with Crippen LogP contribution in [0.4, 0.5) is 5.69 Å². The van der Waals surface area contributed by atoms with E-state index in [4.69, 9.17) is 5.73 Å². The molecule has 4 heteroatoms. The van der Waals surface area contributed by atoms with Gasteiger partial charge in [0.1, 0.15) is 0 Å². The highest BCUT2D eigenvalue weighted by molar-refractivity contribution is 5.92. The first kappa shape index (κ1) is 12.7. The Hall–Kier alpha value is -2.80. The Morgan fingerprint density at radius 2 is 1.84 bits per heavy atom. The van der Waals surface area contributed by atoms with Crippen LogP contribution in [0, 0.1) is 11.8 Å². The number of aromatic nitrogens is 1. The third-order valence-corrected chi connectivity index (χ3v) is 2.55. The molecule has 4 nitrogen and oxygen atoms in total. The average molecular weight is 251 g/mol. The van der Waals surface area contributed by atoms with Crippen LogP contribution in [0.2, 0.25) is 0 Å². The lowest BCUT2D eigenvalue weighted by Crippen LogP contribution is -2.11. The summed E-state index contributed by atoms with van der Waals surface area (Å²) >= 11 is 0. The van der Waals surface area contributed by atoms with Crippen LogP contribution >= 0.6 is 0 Å². The molecule has 1 aromatic heterocycles. The number of anilines is 1. The van der Waals surface area contributed by atoms with Crippen molar-refractivity contribution in [2.75, 3.05) is 12.4 Å². The second kappa shape index (κ2) is 5.69. The van der Waals surface area contributed by atoms with Gasteiger partial charge in [-0.05, 0) is 30.3 Å². The molecule has 19 heavy (non-hydrogen) atoms. The molecule has 0 bridgehead atoms. The number of pyridine rings is 1. The van der Waals surface area contributed by atoms with Crippen molar-refractivity contribution >= 4 is 11.6 Å². The number of carbonyl (C=O) groups is 1. The summed E-state index contributed by atoms with van der Waals surface area (Å²) in [7, 11) is 1.86. The first-order valence-electron chi connectivity index (χ1n) is 5.74. The summed E-state index contributed by atoms with van der Waals surface area (Å²) < 4.78 is 0. The minimum atomic E-state index is -0.505. The maximum absolute atomic E-state index is 11.0. The summed E-state index contributed by atoms with van der Waals surface area (Å²) in [5.41, 5.74) is 8.13. The monoisotopic (exact) mass is 251 g/mol. The van der Waals surface area contributed by atoms with E-state index in [1.165, 1.54) is 6.20 Å². The molecule has 1 heterocycles. The van der Waals surface area contributed by atoms with E-state index in [0.717, 1.165) is 11.3 Å². The van der Waals surface area contributed by atoms with Gasteiger partial charge >= 0.3 is 0 Å². The van der Waals surface area contributed by atoms with E-state index in [1.807, 2.05) is 31.3 Å². The van der Waals surface area contributed by atoms with Crippen LogP contribution in [0.15, 0.2) is 42.7 Å². The Morgan fingerprint density at radius 3 is 2.47 bits per heavy atom. The first-order chi connectivity index (χ1) is 9.19. The predicted octanol–water partition coefficient (Wildman–Crippen LogP) is 1.62. The molecule has 0 aliphatic heterocycles. The van der Waals surface area contributed by atoms with Gasteiger partial charge in [-0.15, -0.1) is 0 Å². The van der Waals surface area contributed by atoms with Crippen molar-refractivity contribution in [2.45, 2.75) is 0 Å². The third kappa shape index (κ3) is 3.33. The lowest BCUT2D eigenvalue weighted by Gasteiger charge is -1.98. The lowest BCUT2D eigenvalue weighted by molar-refractivity contribution is 0.1000. The molecular weight excluding hydrogens is 238 g/mol. The van der Waals surface area contributed by atoms with Crippen molar-refractivity contribution in [1.82, 2.24) is 4.98 Å². The van der Waals surface area contributed by atoms with Crippen LogP contribution in [0.3, 0.4) is 0 Å². The zero-order valence-electron chi connectivity index (χ0n) is 10.5. The second-order valence-electron chi connectivity index (χ2n) is 3.90. The van der Waals surface area contributed by atoms with E-state index in [9.17, 15) is 4.79 Å². The first-order valence-corrected chi connectivity index (χ1v) is 5.74. The van der Waals surface area contributed by atoms with Gasteiger partial charge in [0.2, 0.25) is 5.91 Å². The molecular formula is C15H13N3O. The Kier molecular flexibility index (Phi) is 3.79. The van der Waals surface area contributed by atoms with Crippen molar-refractivity contribution in [3.05, 3.63) is 59.4 Å². The van der Waals surface area contributed by atoms with Crippen LogP contribution < -0.4 is 11.1 Å². The Balaban J connectivity index is 2.23. The van der Waals surface area contributed by atoms with E-state index in [2.05, 4.69) is 22.1 Å². The molecule has 0 atom stereocenters. The lowest BCUT2D eigenvalue weighted by atomic mass is 10.1. The highest BCUT2D eigenvalue weighted by atomic mass is 16.1. The topological polar surface area (TPSA) is 68.0 Å². The van der Waals surface area contributed by atoms with Crippen molar-refractivity contribution in [3.8, 4) is 11.8 Å². The van der Waals surface area contributed by atoms with E-state index in [1.54, 1.807) is 12.3 Å². The number of nitrogens with two attached hydrogens (primary N) is 1. The molecule has 0 aliphatic carbocycles. The van der Waals surface area contributed by atoms with Gasteiger partial charge < -0.3 is 11.1 Å². The summed E-state index contributed by atoms with van der Waals surface area (Å²) in [4.78, 5) is 15.0. The number of amides is 1. The minimum absolute atomic E-state index is 0.359. The number of carbonyl (C=O) groups excluding carboxylic acids is 1. The summed E-state index contributed by atoms with van der Waals surface area (Å²) in [6, 6.07) is 9.36. The van der Waals surface area contributed by atoms with Gasteiger partial charge in [-0.3, -0.25) is 9.78 Å². The van der Waals surface area contributed by atoms with Gasteiger partial charge in [0.05, 0.1) is 5.56 Å². The Morgan fingerprint density at radius 1 is 1.16 bits per heavy atom. The molecule has 3 N–H and O–H groups in total. The molecule has 1 aromatic carbocycles. The molecule has 94 valence electrons. The van der Waals surface area contributed by atoms with Crippen molar-refractivity contribution in [3.63, 3.8) is 0 Å². The maximum atomic E-state index is 11.0. The van der Waals surface area contributed by atoms with Crippen LogP contribution in [0.1, 0.15) is 21.5 Å². The van der Waals surface area contributed by atoms with Crippen molar-refractivity contribution in [1.29, 1.82) is 0 Å². The van der Waals surface area contributed by atoms with Gasteiger partial charge in [0.15, 0.2) is 0 Å². The number of hydrogen-bond acceptors (Lipinski definition) is 3. The largest absolute Gasteiger partial charge is 0.388 e.